The van der Waals surface area contributed by atoms with Gasteiger partial charge in [0.05, 0.1) is 6.10 Å². The largest absolute Gasteiger partial charge is 0.491 e. The molecule has 0 fully saturated rings. The third-order valence-electron chi connectivity index (χ3n) is 2.70. The van der Waals surface area contributed by atoms with Crippen molar-refractivity contribution in [2.75, 3.05) is 13.7 Å². The molecular formula is C14H24N2O2. The molecule has 0 saturated heterocycles. The summed E-state index contributed by atoms with van der Waals surface area (Å²) in [7, 11) is 1.71. The Balaban J connectivity index is 2.57. The Morgan fingerprint density at radius 3 is 2.39 bits per heavy atom. The number of hydrogen-bond acceptors (Lipinski definition) is 4. The summed E-state index contributed by atoms with van der Waals surface area (Å²) in [5, 5.41) is 0. The van der Waals surface area contributed by atoms with Crippen LogP contribution in [0.1, 0.15) is 38.3 Å². The van der Waals surface area contributed by atoms with Gasteiger partial charge in [-0.25, -0.2) is 0 Å². The molecule has 1 aromatic rings. The van der Waals surface area contributed by atoms with Crippen LogP contribution in [0.3, 0.4) is 0 Å². The van der Waals surface area contributed by atoms with Crippen LogP contribution in [0.2, 0.25) is 0 Å². The number of hydrazine groups is 1. The van der Waals surface area contributed by atoms with Gasteiger partial charge in [-0.15, -0.1) is 0 Å². The molecule has 0 amide bonds. The van der Waals surface area contributed by atoms with E-state index >= 15 is 0 Å². The fourth-order valence-corrected chi connectivity index (χ4v) is 1.83. The number of nitrogens with two attached hydrogens (primary N) is 1. The van der Waals surface area contributed by atoms with E-state index in [2.05, 4.69) is 17.6 Å². The Kier molecular flexibility index (Phi) is 6.72. The molecule has 1 atom stereocenters. The number of nitrogens with one attached hydrogen (secondary N) is 1. The van der Waals surface area contributed by atoms with Crippen LogP contribution in [-0.2, 0) is 4.74 Å². The Morgan fingerprint density at radius 2 is 1.89 bits per heavy atom. The van der Waals surface area contributed by atoms with Gasteiger partial charge >= 0.3 is 0 Å². The zero-order valence-corrected chi connectivity index (χ0v) is 11.5. The molecule has 0 spiro atoms. The second-order valence-corrected chi connectivity index (χ2v) is 4.59. The van der Waals surface area contributed by atoms with E-state index in [1.165, 1.54) is 5.56 Å². The van der Waals surface area contributed by atoms with Crippen molar-refractivity contribution in [3.63, 3.8) is 0 Å². The van der Waals surface area contributed by atoms with Crippen LogP contribution in [-0.4, -0.2) is 19.8 Å². The SMILES string of the molecule is COCCCC(NN)c1ccc(OC(C)C)cc1. The standard InChI is InChI=1S/C14H24N2O2/c1-11(2)18-13-8-6-12(7-9-13)14(16-15)5-4-10-17-3/h6-9,11,14,16H,4-5,10,15H2,1-3H3. The van der Waals surface area contributed by atoms with Gasteiger partial charge in [-0.2, -0.15) is 0 Å². The lowest BCUT2D eigenvalue weighted by Gasteiger charge is -2.17. The highest BCUT2D eigenvalue weighted by molar-refractivity contribution is 5.29. The summed E-state index contributed by atoms with van der Waals surface area (Å²) in [6.07, 6.45) is 2.13. The molecule has 0 aliphatic rings. The van der Waals surface area contributed by atoms with Crippen molar-refractivity contribution in [2.24, 2.45) is 5.84 Å². The zero-order valence-electron chi connectivity index (χ0n) is 11.5. The van der Waals surface area contributed by atoms with Crippen LogP contribution in [0, 0.1) is 0 Å². The van der Waals surface area contributed by atoms with E-state index in [0.717, 1.165) is 25.2 Å². The Morgan fingerprint density at radius 1 is 1.22 bits per heavy atom. The lowest BCUT2D eigenvalue weighted by atomic mass is 10.0. The van der Waals surface area contributed by atoms with Gasteiger partial charge in [0.2, 0.25) is 0 Å². The second-order valence-electron chi connectivity index (χ2n) is 4.59. The summed E-state index contributed by atoms with van der Waals surface area (Å²) in [6.45, 7) is 4.79. The predicted molar refractivity (Wildman–Crippen MR) is 73.4 cm³/mol. The van der Waals surface area contributed by atoms with Gasteiger partial charge in [0.1, 0.15) is 5.75 Å². The van der Waals surface area contributed by atoms with E-state index in [0.29, 0.717) is 0 Å². The van der Waals surface area contributed by atoms with Crippen LogP contribution >= 0.6 is 0 Å². The van der Waals surface area contributed by atoms with Crippen molar-refractivity contribution in [3.05, 3.63) is 29.8 Å². The third-order valence-corrected chi connectivity index (χ3v) is 2.70. The summed E-state index contributed by atoms with van der Waals surface area (Å²) in [5.41, 5.74) is 4.01. The minimum Gasteiger partial charge on any atom is -0.491 e. The summed E-state index contributed by atoms with van der Waals surface area (Å²) in [5.74, 6) is 6.47. The molecule has 18 heavy (non-hydrogen) atoms. The molecule has 1 unspecified atom stereocenters. The quantitative estimate of drug-likeness (QED) is 0.424. The van der Waals surface area contributed by atoms with Crippen molar-refractivity contribution in [3.8, 4) is 5.75 Å². The molecule has 102 valence electrons. The topological polar surface area (TPSA) is 56.5 Å². The van der Waals surface area contributed by atoms with Crippen molar-refractivity contribution >= 4 is 0 Å². The zero-order chi connectivity index (χ0) is 13.4. The average Bonchev–Trinajstić information content (AvgIpc) is 2.35. The van der Waals surface area contributed by atoms with Gasteiger partial charge < -0.3 is 9.47 Å². The molecule has 4 heteroatoms. The van der Waals surface area contributed by atoms with Crippen LogP contribution < -0.4 is 16.0 Å². The monoisotopic (exact) mass is 252 g/mol. The molecule has 0 heterocycles. The van der Waals surface area contributed by atoms with E-state index < -0.39 is 0 Å². The number of rotatable bonds is 8. The van der Waals surface area contributed by atoms with Crippen LogP contribution in [0.4, 0.5) is 0 Å². The van der Waals surface area contributed by atoms with Crippen molar-refractivity contribution in [1.29, 1.82) is 0 Å². The fourth-order valence-electron chi connectivity index (χ4n) is 1.83. The first kappa shape index (κ1) is 15.0. The van der Waals surface area contributed by atoms with Gasteiger partial charge in [0.15, 0.2) is 0 Å². The molecule has 3 N–H and O–H groups in total. The molecule has 4 nitrogen and oxygen atoms in total. The second kappa shape index (κ2) is 8.08. The third kappa shape index (κ3) is 5.04. The van der Waals surface area contributed by atoms with Crippen LogP contribution in [0.25, 0.3) is 0 Å². The number of ether oxygens (including phenoxy) is 2. The maximum atomic E-state index is 5.61. The molecule has 0 bridgehead atoms. The van der Waals surface area contributed by atoms with E-state index in [9.17, 15) is 0 Å². The molecule has 1 rings (SSSR count). The van der Waals surface area contributed by atoms with Crippen LogP contribution in [0.15, 0.2) is 24.3 Å². The number of methoxy groups -OCH3 is 1. The minimum atomic E-state index is 0.160. The van der Waals surface area contributed by atoms with E-state index in [1.54, 1.807) is 7.11 Å². The normalized spacial score (nSPS) is 12.7. The number of benzene rings is 1. The lowest BCUT2D eigenvalue weighted by molar-refractivity contribution is 0.189. The first-order valence-electron chi connectivity index (χ1n) is 6.39. The average molecular weight is 252 g/mol. The highest BCUT2D eigenvalue weighted by atomic mass is 16.5. The maximum Gasteiger partial charge on any atom is 0.119 e. The van der Waals surface area contributed by atoms with Crippen molar-refractivity contribution < 1.29 is 9.47 Å². The van der Waals surface area contributed by atoms with Gasteiger partial charge in [-0.1, -0.05) is 12.1 Å². The highest BCUT2D eigenvalue weighted by Gasteiger charge is 2.09. The molecule has 0 radical (unpaired) electrons. The van der Waals surface area contributed by atoms with Gasteiger partial charge in [-0.05, 0) is 44.4 Å². The maximum absolute atomic E-state index is 5.61. The molecule has 1 aromatic carbocycles. The van der Waals surface area contributed by atoms with E-state index in [4.69, 9.17) is 15.3 Å². The minimum absolute atomic E-state index is 0.160. The molecule has 0 aliphatic heterocycles. The Bertz CT molecular complexity index is 325. The van der Waals surface area contributed by atoms with Gasteiger partial charge in [0.25, 0.3) is 0 Å². The molecular weight excluding hydrogens is 228 g/mol. The molecule has 0 aromatic heterocycles. The summed E-state index contributed by atoms with van der Waals surface area (Å²) in [4.78, 5) is 0. The van der Waals surface area contributed by atoms with E-state index in [-0.39, 0.29) is 12.1 Å². The smallest absolute Gasteiger partial charge is 0.119 e. The number of hydrogen-bond donors (Lipinski definition) is 2. The summed E-state index contributed by atoms with van der Waals surface area (Å²) < 4.78 is 10.7. The highest BCUT2D eigenvalue weighted by Crippen LogP contribution is 2.21. The lowest BCUT2D eigenvalue weighted by Crippen LogP contribution is -2.28. The molecule has 0 aliphatic carbocycles. The first-order valence-corrected chi connectivity index (χ1v) is 6.39. The van der Waals surface area contributed by atoms with Crippen molar-refractivity contribution in [2.45, 2.75) is 38.8 Å². The Hall–Kier alpha value is -1.10. The van der Waals surface area contributed by atoms with Crippen molar-refractivity contribution in [1.82, 2.24) is 5.43 Å². The predicted octanol–water partition coefficient (Wildman–Crippen LogP) is 2.40. The molecule has 0 saturated carbocycles. The Labute approximate surface area is 109 Å². The summed E-state index contributed by atoms with van der Waals surface area (Å²) >= 11 is 0. The van der Waals surface area contributed by atoms with E-state index in [1.807, 2.05) is 26.0 Å². The summed E-state index contributed by atoms with van der Waals surface area (Å²) in [6, 6.07) is 8.23. The van der Waals surface area contributed by atoms with Gasteiger partial charge in [0, 0.05) is 19.8 Å². The fraction of sp³-hybridized carbons (Fsp3) is 0.571. The van der Waals surface area contributed by atoms with Crippen LogP contribution in [0.5, 0.6) is 5.75 Å². The van der Waals surface area contributed by atoms with Gasteiger partial charge in [-0.3, -0.25) is 11.3 Å². The first-order chi connectivity index (χ1) is 8.67.